The Hall–Kier alpha value is -0.910. The van der Waals surface area contributed by atoms with Crippen LogP contribution in [0.15, 0.2) is 0 Å². The molecule has 2 aliphatic heterocycles. The zero-order valence-electron chi connectivity index (χ0n) is 12.6. The molecule has 0 radical (unpaired) electrons. The first kappa shape index (κ1) is 15.5. The van der Waals surface area contributed by atoms with Crippen molar-refractivity contribution >= 4 is 23.8 Å². The van der Waals surface area contributed by atoms with E-state index in [4.69, 9.17) is 9.47 Å². The first-order chi connectivity index (χ1) is 9.27. The molecule has 5 nitrogen and oxygen atoms in total. The number of thioether (sulfide) groups is 1. The fourth-order valence-electron chi connectivity index (χ4n) is 2.70. The number of amides is 1. The predicted octanol–water partition coefficient (Wildman–Crippen LogP) is 2.15. The molecule has 2 aliphatic rings. The van der Waals surface area contributed by atoms with E-state index in [9.17, 15) is 9.59 Å². The highest BCUT2D eigenvalue weighted by molar-refractivity contribution is 7.99. The zero-order chi connectivity index (χ0) is 15.0. The number of carbonyl (C=O) groups excluding carboxylic acids is 2. The van der Waals surface area contributed by atoms with Gasteiger partial charge in [-0.1, -0.05) is 0 Å². The quantitative estimate of drug-likeness (QED) is 0.732. The van der Waals surface area contributed by atoms with Gasteiger partial charge >= 0.3 is 12.1 Å². The molecule has 1 spiro atoms. The Kier molecular flexibility index (Phi) is 4.23. The van der Waals surface area contributed by atoms with Gasteiger partial charge in [0, 0.05) is 30.0 Å². The minimum absolute atomic E-state index is 0.0915. The Morgan fingerprint density at radius 2 is 2.00 bits per heavy atom. The van der Waals surface area contributed by atoms with E-state index in [1.807, 2.05) is 27.7 Å². The van der Waals surface area contributed by atoms with Crippen LogP contribution in [0.3, 0.4) is 0 Å². The van der Waals surface area contributed by atoms with Crippen LogP contribution < -0.4 is 0 Å². The zero-order valence-corrected chi connectivity index (χ0v) is 13.4. The number of esters is 1. The van der Waals surface area contributed by atoms with E-state index in [1.54, 1.807) is 16.7 Å². The average molecular weight is 301 g/mol. The molecule has 0 aromatic heterocycles. The fraction of sp³-hybridized carbons (Fsp3) is 0.857. The molecule has 2 saturated heterocycles. The van der Waals surface area contributed by atoms with Crippen LogP contribution in [-0.2, 0) is 14.3 Å². The standard InChI is InChI=1S/C14H23NO4S/c1-5-18-11(16)10-6-20-9-14(10)7-15(8-14)12(17)19-13(2,3)4/h10H,5-9H2,1-4H3. The number of hydrogen-bond acceptors (Lipinski definition) is 5. The molecule has 1 atom stereocenters. The third-order valence-corrected chi connectivity index (χ3v) is 5.00. The summed E-state index contributed by atoms with van der Waals surface area (Å²) in [5.74, 6) is 1.49. The molecule has 0 N–H and O–H groups in total. The van der Waals surface area contributed by atoms with Gasteiger partial charge in [0.2, 0.25) is 0 Å². The Bertz CT molecular complexity index is 398. The van der Waals surface area contributed by atoms with Crippen molar-refractivity contribution in [2.45, 2.75) is 33.3 Å². The molecular formula is C14H23NO4S. The lowest BCUT2D eigenvalue weighted by atomic mass is 9.72. The maximum Gasteiger partial charge on any atom is 0.410 e. The summed E-state index contributed by atoms with van der Waals surface area (Å²) < 4.78 is 10.5. The van der Waals surface area contributed by atoms with Gasteiger partial charge in [-0.05, 0) is 27.7 Å². The smallest absolute Gasteiger partial charge is 0.410 e. The van der Waals surface area contributed by atoms with Crippen molar-refractivity contribution < 1.29 is 19.1 Å². The van der Waals surface area contributed by atoms with Gasteiger partial charge in [-0.25, -0.2) is 4.79 Å². The Morgan fingerprint density at radius 1 is 1.35 bits per heavy atom. The van der Waals surface area contributed by atoms with Crippen LogP contribution in [-0.4, -0.2) is 53.8 Å². The van der Waals surface area contributed by atoms with Crippen LogP contribution in [0, 0.1) is 11.3 Å². The van der Waals surface area contributed by atoms with Crippen molar-refractivity contribution in [2.75, 3.05) is 31.2 Å². The normalized spacial score (nSPS) is 24.4. The van der Waals surface area contributed by atoms with Gasteiger partial charge in [0.15, 0.2) is 0 Å². The summed E-state index contributed by atoms with van der Waals surface area (Å²) in [6.07, 6.45) is -0.289. The van der Waals surface area contributed by atoms with Gasteiger partial charge in [-0.3, -0.25) is 4.79 Å². The van der Waals surface area contributed by atoms with E-state index in [0.717, 1.165) is 11.5 Å². The lowest BCUT2D eigenvalue weighted by Gasteiger charge is -2.49. The second kappa shape index (κ2) is 5.47. The first-order valence-electron chi connectivity index (χ1n) is 7.00. The third kappa shape index (κ3) is 3.05. The number of ether oxygens (including phenoxy) is 2. The number of rotatable bonds is 2. The van der Waals surface area contributed by atoms with E-state index in [-0.39, 0.29) is 23.4 Å². The molecule has 0 aromatic rings. The first-order valence-corrected chi connectivity index (χ1v) is 8.15. The summed E-state index contributed by atoms with van der Waals surface area (Å²) in [4.78, 5) is 25.6. The fourth-order valence-corrected chi connectivity index (χ4v) is 4.33. The summed E-state index contributed by atoms with van der Waals surface area (Å²) >= 11 is 1.77. The van der Waals surface area contributed by atoms with E-state index >= 15 is 0 Å². The van der Waals surface area contributed by atoms with Gasteiger partial charge in [-0.2, -0.15) is 11.8 Å². The molecule has 0 bridgehead atoms. The molecule has 0 aliphatic carbocycles. The lowest BCUT2D eigenvalue weighted by Crippen LogP contribution is -2.63. The number of likely N-dealkylation sites (tertiary alicyclic amines) is 1. The van der Waals surface area contributed by atoms with Crippen LogP contribution in [0.2, 0.25) is 0 Å². The highest BCUT2D eigenvalue weighted by Crippen LogP contribution is 2.48. The molecule has 1 amide bonds. The van der Waals surface area contributed by atoms with Crippen molar-refractivity contribution in [3.8, 4) is 0 Å². The average Bonchev–Trinajstić information content (AvgIpc) is 2.68. The Labute approximate surface area is 124 Å². The highest BCUT2D eigenvalue weighted by Gasteiger charge is 2.57. The minimum atomic E-state index is -0.481. The topological polar surface area (TPSA) is 55.8 Å². The van der Waals surface area contributed by atoms with Crippen molar-refractivity contribution in [1.29, 1.82) is 0 Å². The molecule has 0 saturated carbocycles. The van der Waals surface area contributed by atoms with E-state index in [0.29, 0.717) is 19.7 Å². The Balaban J connectivity index is 1.93. The second-order valence-electron chi connectivity index (χ2n) is 6.52. The van der Waals surface area contributed by atoms with Crippen LogP contribution in [0.1, 0.15) is 27.7 Å². The highest BCUT2D eigenvalue weighted by atomic mass is 32.2. The van der Waals surface area contributed by atoms with Gasteiger partial charge in [0.05, 0.1) is 12.5 Å². The summed E-state index contributed by atoms with van der Waals surface area (Å²) in [6, 6.07) is 0. The van der Waals surface area contributed by atoms with Crippen LogP contribution in [0.25, 0.3) is 0 Å². The summed E-state index contributed by atoms with van der Waals surface area (Å²) in [7, 11) is 0. The molecule has 2 heterocycles. The molecule has 20 heavy (non-hydrogen) atoms. The Morgan fingerprint density at radius 3 is 2.55 bits per heavy atom. The van der Waals surface area contributed by atoms with Gasteiger partial charge in [0.1, 0.15) is 5.60 Å². The van der Waals surface area contributed by atoms with E-state index in [1.165, 1.54) is 0 Å². The molecule has 114 valence electrons. The van der Waals surface area contributed by atoms with E-state index in [2.05, 4.69) is 0 Å². The van der Waals surface area contributed by atoms with Gasteiger partial charge < -0.3 is 14.4 Å². The molecular weight excluding hydrogens is 278 g/mol. The lowest BCUT2D eigenvalue weighted by molar-refractivity contribution is -0.155. The number of nitrogens with zero attached hydrogens (tertiary/aromatic N) is 1. The predicted molar refractivity (Wildman–Crippen MR) is 77.7 cm³/mol. The van der Waals surface area contributed by atoms with Crippen molar-refractivity contribution in [3.05, 3.63) is 0 Å². The number of carbonyl (C=O) groups is 2. The van der Waals surface area contributed by atoms with Crippen molar-refractivity contribution in [2.24, 2.45) is 11.3 Å². The number of hydrogen-bond donors (Lipinski definition) is 0. The molecule has 1 unspecified atom stereocenters. The largest absolute Gasteiger partial charge is 0.466 e. The van der Waals surface area contributed by atoms with Crippen molar-refractivity contribution in [1.82, 2.24) is 4.90 Å². The van der Waals surface area contributed by atoms with Crippen LogP contribution in [0.4, 0.5) is 4.79 Å². The SMILES string of the molecule is CCOC(=O)C1CSCC12CN(C(=O)OC(C)(C)C)C2. The maximum absolute atomic E-state index is 12.0. The summed E-state index contributed by atoms with van der Waals surface area (Å²) in [5.41, 5.74) is -0.585. The van der Waals surface area contributed by atoms with Gasteiger partial charge in [0.25, 0.3) is 0 Å². The maximum atomic E-state index is 12.0. The van der Waals surface area contributed by atoms with Crippen LogP contribution in [0.5, 0.6) is 0 Å². The van der Waals surface area contributed by atoms with E-state index < -0.39 is 5.60 Å². The second-order valence-corrected chi connectivity index (χ2v) is 7.55. The summed E-state index contributed by atoms with van der Waals surface area (Å²) in [5, 5.41) is 0. The molecule has 2 fully saturated rings. The minimum Gasteiger partial charge on any atom is -0.466 e. The third-order valence-electron chi connectivity index (χ3n) is 3.65. The van der Waals surface area contributed by atoms with Gasteiger partial charge in [-0.15, -0.1) is 0 Å². The van der Waals surface area contributed by atoms with Crippen LogP contribution >= 0.6 is 11.8 Å². The molecule has 0 aromatic carbocycles. The molecule has 6 heteroatoms. The molecule has 2 rings (SSSR count). The van der Waals surface area contributed by atoms with Crippen molar-refractivity contribution in [3.63, 3.8) is 0 Å². The summed E-state index contributed by atoms with van der Waals surface area (Å²) in [6.45, 7) is 8.98. The monoisotopic (exact) mass is 301 g/mol.